The third kappa shape index (κ3) is 3.08. The lowest BCUT2D eigenvalue weighted by atomic mass is 10.0. The highest BCUT2D eigenvalue weighted by molar-refractivity contribution is 6.05. The quantitative estimate of drug-likeness (QED) is 0.940. The molecule has 1 aromatic carbocycles. The number of nitrogens with one attached hydrogen (secondary N) is 1. The van der Waals surface area contributed by atoms with E-state index in [1.54, 1.807) is 6.20 Å². The van der Waals surface area contributed by atoms with E-state index >= 15 is 0 Å². The van der Waals surface area contributed by atoms with Gasteiger partial charge in [-0.05, 0) is 30.2 Å². The van der Waals surface area contributed by atoms with Crippen LogP contribution in [0.4, 0.5) is 5.82 Å². The monoisotopic (exact) mass is 281 g/mol. The Hall–Kier alpha value is -2.69. The summed E-state index contributed by atoms with van der Waals surface area (Å²) in [6.45, 7) is 1.94. The zero-order valence-electron chi connectivity index (χ0n) is 11.6. The Balaban J connectivity index is 1.64. The van der Waals surface area contributed by atoms with Gasteiger partial charge in [0.1, 0.15) is 5.82 Å². The van der Waals surface area contributed by atoms with E-state index in [9.17, 15) is 4.79 Å². The average Bonchev–Trinajstić information content (AvgIpc) is 2.98. The molecule has 0 bridgehead atoms. The summed E-state index contributed by atoms with van der Waals surface area (Å²) < 4.78 is 0. The molecule has 0 saturated heterocycles. The summed E-state index contributed by atoms with van der Waals surface area (Å²) in [6, 6.07) is 13.4. The minimum Gasteiger partial charge on any atom is -0.382 e. The van der Waals surface area contributed by atoms with E-state index < -0.39 is 6.10 Å². The van der Waals surface area contributed by atoms with Gasteiger partial charge in [0.2, 0.25) is 6.10 Å². The lowest BCUT2D eigenvalue weighted by Crippen LogP contribution is -2.28. The number of aromatic nitrogens is 1. The number of rotatable bonds is 3. The fraction of sp³-hybridized carbons (Fsp3) is 0.188. The van der Waals surface area contributed by atoms with Crippen molar-refractivity contribution in [3.63, 3.8) is 0 Å². The predicted molar refractivity (Wildman–Crippen MR) is 80.1 cm³/mol. The number of carbonyl (C=O) groups excluding carboxylic acids is 1. The van der Waals surface area contributed by atoms with Crippen molar-refractivity contribution in [2.45, 2.75) is 19.4 Å². The SMILES string of the molecule is Cc1ccnc(NC(=O)C2CC(c3ccccc3)=NO2)c1. The number of amides is 1. The maximum atomic E-state index is 12.2. The number of carbonyl (C=O) groups is 1. The van der Waals surface area contributed by atoms with Crippen molar-refractivity contribution < 1.29 is 9.63 Å². The number of pyridine rings is 1. The van der Waals surface area contributed by atoms with Crippen LogP contribution in [0.2, 0.25) is 0 Å². The molecular weight excluding hydrogens is 266 g/mol. The molecule has 1 aromatic heterocycles. The molecule has 1 aliphatic rings. The minimum absolute atomic E-state index is 0.234. The second kappa shape index (κ2) is 5.75. The van der Waals surface area contributed by atoms with Gasteiger partial charge in [-0.3, -0.25) is 4.79 Å². The molecule has 0 saturated carbocycles. The molecule has 1 N–H and O–H groups in total. The largest absolute Gasteiger partial charge is 0.382 e. The molecule has 1 unspecified atom stereocenters. The first-order valence-corrected chi connectivity index (χ1v) is 6.74. The maximum absolute atomic E-state index is 12.2. The summed E-state index contributed by atoms with van der Waals surface area (Å²) in [5.41, 5.74) is 2.79. The van der Waals surface area contributed by atoms with Gasteiger partial charge in [-0.15, -0.1) is 0 Å². The summed E-state index contributed by atoms with van der Waals surface area (Å²) in [5, 5.41) is 6.75. The Kier molecular flexibility index (Phi) is 3.64. The van der Waals surface area contributed by atoms with Gasteiger partial charge in [0.15, 0.2) is 0 Å². The maximum Gasteiger partial charge on any atom is 0.269 e. The van der Waals surface area contributed by atoms with Gasteiger partial charge < -0.3 is 10.2 Å². The number of hydrogen-bond acceptors (Lipinski definition) is 4. The van der Waals surface area contributed by atoms with Crippen LogP contribution in [-0.4, -0.2) is 22.7 Å². The average molecular weight is 281 g/mol. The third-order valence-electron chi connectivity index (χ3n) is 3.24. The number of nitrogens with zero attached hydrogens (tertiary/aromatic N) is 2. The topological polar surface area (TPSA) is 63.6 Å². The standard InChI is InChI=1S/C16H15N3O2/c1-11-7-8-17-15(9-11)18-16(20)14-10-13(19-21-14)12-5-3-2-4-6-12/h2-9,14H,10H2,1H3,(H,17,18,20). The smallest absolute Gasteiger partial charge is 0.269 e. The molecule has 5 heteroatoms. The first-order chi connectivity index (χ1) is 10.2. The first-order valence-electron chi connectivity index (χ1n) is 6.74. The summed E-state index contributed by atoms with van der Waals surface area (Å²) in [5.74, 6) is 0.291. The molecule has 2 aromatic rings. The molecule has 2 heterocycles. The zero-order valence-corrected chi connectivity index (χ0v) is 11.6. The Bertz CT molecular complexity index is 683. The molecular formula is C16H15N3O2. The van der Waals surface area contributed by atoms with E-state index in [1.807, 2.05) is 49.4 Å². The molecule has 0 radical (unpaired) electrons. The van der Waals surface area contributed by atoms with E-state index in [4.69, 9.17) is 4.84 Å². The van der Waals surface area contributed by atoms with Crippen molar-refractivity contribution in [3.8, 4) is 0 Å². The summed E-state index contributed by atoms with van der Waals surface area (Å²) in [4.78, 5) is 21.5. The molecule has 1 atom stereocenters. The van der Waals surface area contributed by atoms with Crippen LogP contribution in [-0.2, 0) is 9.63 Å². The lowest BCUT2D eigenvalue weighted by Gasteiger charge is -2.09. The minimum atomic E-state index is -0.609. The predicted octanol–water partition coefficient (Wildman–Crippen LogP) is 2.52. The molecule has 0 fully saturated rings. The highest BCUT2D eigenvalue weighted by atomic mass is 16.6. The Morgan fingerprint density at radius 3 is 2.86 bits per heavy atom. The third-order valence-corrected chi connectivity index (χ3v) is 3.24. The van der Waals surface area contributed by atoms with Gasteiger partial charge >= 0.3 is 0 Å². The number of oxime groups is 1. The normalized spacial score (nSPS) is 17.0. The summed E-state index contributed by atoms with van der Waals surface area (Å²) in [6.07, 6.45) is 1.51. The number of aryl methyl sites for hydroxylation is 1. The van der Waals surface area contributed by atoms with Crippen LogP contribution in [0, 0.1) is 6.92 Å². The summed E-state index contributed by atoms with van der Waals surface area (Å²) in [7, 11) is 0. The van der Waals surface area contributed by atoms with Crippen LogP contribution in [0.3, 0.4) is 0 Å². The molecule has 106 valence electrons. The number of anilines is 1. The van der Waals surface area contributed by atoms with Gasteiger partial charge in [0.05, 0.1) is 5.71 Å². The van der Waals surface area contributed by atoms with Gasteiger partial charge in [0, 0.05) is 12.6 Å². The van der Waals surface area contributed by atoms with E-state index in [1.165, 1.54) is 0 Å². The van der Waals surface area contributed by atoms with Crippen molar-refractivity contribution in [2.75, 3.05) is 5.32 Å². The molecule has 21 heavy (non-hydrogen) atoms. The Morgan fingerprint density at radius 1 is 1.29 bits per heavy atom. The Labute approximate surface area is 122 Å². The number of hydrogen-bond donors (Lipinski definition) is 1. The summed E-state index contributed by atoms with van der Waals surface area (Å²) >= 11 is 0. The van der Waals surface area contributed by atoms with Crippen LogP contribution in [0.1, 0.15) is 17.5 Å². The van der Waals surface area contributed by atoms with E-state index in [-0.39, 0.29) is 5.91 Å². The fourth-order valence-corrected chi connectivity index (χ4v) is 2.13. The van der Waals surface area contributed by atoms with Crippen molar-refractivity contribution in [1.29, 1.82) is 0 Å². The highest BCUT2D eigenvalue weighted by Crippen LogP contribution is 2.18. The van der Waals surface area contributed by atoms with Crippen molar-refractivity contribution in [2.24, 2.45) is 5.16 Å². The number of benzene rings is 1. The zero-order chi connectivity index (χ0) is 14.7. The van der Waals surface area contributed by atoms with E-state index in [0.717, 1.165) is 16.8 Å². The van der Waals surface area contributed by atoms with Crippen LogP contribution in [0.15, 0.2) is 53.8 Å². The Morgan fingerprint density at radius 2 is 2.10 bits per heavy atom. The van der Waals surface area contributed by atoms with Crippen molar-refractivity contribution in [3.05, 3.63) is 59.8 Å². The van der Waals surface area contributed by atoms with Gasteiger partial charge in [-0.25, -0.2) is 4.98 Å². The van der Waals surface area contributed by atoms with Crippen LogP contribution in [0.5, 0.6) is 0 Å². The second-order valence-electron chi connectivity index (χ2n) is 4.91. The van der Waals surface area contributed by atoms with Gasteiger partial charge in [-0.2, -0.15) is 0 Å². The molecule has 0 spiro atoms. The van der Waals surface area contributed by atoms with Crippen molar-refractivity contribution in [1.82, 2.24) is 4.98 Å². The lowest BCUT2D eigenvalue weighted by molar-refractivity contribution is -0.125. The molecule has 1 amide bonds. The van der Waals surface area contributed by atoms with Crippen molar-refractivity contribution >= 4 is 17.4 Å². The highest BCUT2D eigenvalue weighted by Gasteiger charge is 2.29. The van der Waals surface area contributed by atoms with Crippen LogP contribution >= 0.6 is 0 Å². The molecule has 3 rings (SSSR count). The van der Waals surface area contributed by atoms with Gasteiger partial charge in [-0.1, -0.05) is 35.5 Å². The molecule has 1 aliphatic heterocycles. The molecule has 5 nitrogen and oxygen atoms in total. The first kappa shape index (κ1) is 13.3. The van der Waals surface area contributed by atoms with E-state index in [2.05, 4.69) is 15.5 Å². The van der Waals surface area contributed by atoms with Crippen LogP contribution in [0.25, 0.3) is 0 Å². The fourth-order valence-electron chi connectivity index (χ4n) is 2.13. The van der Waals surface area contributed by atoms with Crippen LogP contribution < -0.4 is 5.32 Å². The van der Waals surface area contributed by atoms with Gasteiger partial charge in [0.25, 0.3) is 5.91 Å². The molecule has 0 aliphatic carbocycles. The second-order valence-corrected chi connectivity index (χ2v) is 4.91. The van der Waals surface area contributed by atoms with E-state index in [0.29, 0.717) is 12.2 Å².